The zero-order valence-electron chi connectivity index (χ0n) is 20.3. The quantitative estimate of drug-likeness (QED) is 0.408. The van der Waals surface area contributed by atoms with Crippen LogP contribution >= 0.6 is 0 Å². The number of aromatic nitrogens is 3. The maximum atomic E-state index is 12.7. The van der Waals surface area contributed by atoms with E-state index in [1.54, 1.807) is 6.20 Å². The molecule has 2 amide bonds. The maximum Gasteiger partial charge on any atom is 0.228 e. The van der Waals surface area contributed by atoms with E-state index in [1.165, 1.54) is 6.42 Å². The highest BCUT2D eigenvalue weighted by Crippen LogP contribution is 2.28. The van der Waals surface area contributed by atoms with Crippen LogP contribution in [0, 0.1) is 11.8 Å². The highest BCUT2D eigenvalue weighted by atomic mass is 16.2. The molecule has 2 aromatic heterocycles. The summed E-state index contributed by atoms with van der Waals surface area (Å²) in [5.74, 6) is 1.58. The van der Waals surface area contributed by atoms with Crippen molar-refractivity contribution in [1.82, 2.24) is 20.3 Å². The van der Waals surface area contributed by atoms with Gasteiger partial charge < -0.3 is 20.9 Å². The van der Waals surface area contributed by atoms with Crippen molar-refractivity contribution in [3.05, 3.63) is 36.5 Å². The fraction of sp³-hybridized carbons (Fsp3) is 0.481. The van der Waals surface area contributed by atoms with E-state index < -0.39 is 0 Å². The second-order valence-electron chi connectivity index (χ2n) is 9.90. The Hall–Kier alpha value is -3.26. The number of pyridine rings is 1. The highest BCUT2D eigenvalue weighted by Gasteiger charge is 2.25. The van der Waals surface area contributed by atoms with E-state index in [1.807, 2.05) is 37.4 Å². The minimum Gasteiger partial charge on any atom is -0.337 e. The molecule has 0 saturated heterocycles. The molecule has 2 heterocycles. The topological polar surface area (TPSA) is 112 Å². The summed E-state index contributed by atoms with van der Waals surface area (Å²) in [6, 6.07) is 10.1. The standard InChI is InChI=1S/C27H34N6O2/c1-28-20-11-9-19(10-12-20)26(34)30-21-13-7-17(8-14-21)25-31-22-15-24(29-16-23(22)32-25)33-27(35)18-5-3-2-4-6-18/h7-8,13-16,18-20,28H,2-6,9-12H2,1H3,(H,30,34)(H,31,32)(H,29,33,35). The highest BCUT2D eigenvalue weighted by molar-refractivity contribution is 5.94. The molecule has 3 aromatic rings. The normalized spacial score (nSPS) is 21.1. The van der Waals surface area contributed by atoms with Crippen LogP contribution in [0.1, 0.15) is 57.8 Å². The number of amides is 2. The number of anilines is 2. The lowest BCUT2D eigenvalue weighted by molar-refractivity contribution is -0.121. The van der Waals surface area contributed by atoms with Crippen LogP contribution in [0.2, 0.25) is 0 Å². The van der Waals surface area contributed by atoms with Gasteiger partial charge in [-0.1, -0.05) is 19.3 Å². The number of aromatic amines is 1. The van der Waals surface area contributed by atoms with Crippen LogP contribution in [-0.2, 0) is 9.59 Å². The van der Waals surface area contributed by atoms with Crippen molar-refractivity contribution in [2.45, 2.75) is 63.8 Å². The van der Waals surface area contributed by atoms with Crippen molar-refractivity contribution >= 4 is 34.4 Å². The largest absolute Gasteiger partial charge is 0.337 e. The number of hydrogen-bond acceptors (Lipinski definition) is 5. The van der Waals surface area contributed by atoms with Crippen LogP contribution < -0.4 is 16.0 Å². The number of nitrogens with zero attached hydrogens (tertiary/aromatic N) is 2. The van der Waals surface area contributed by atoms with E-state index >= 15 is 0 Å². The first-order valence-corrected chi connectivity index (χ1v) is 12.8. The minimum absolute atomic E-state index is 0.0556. The molecule has 0 aliphatic heterocycles. The Morgan fingerprint density at radius 3 is 2.29 bits per heavy atom. The smallest absolute Gasteiger partial charge is 0.228 e. The van der Waals surface area contributed by atoms with Crippen LogP contribution in [0.3, 0.4) is 0 Å². The molecule has 35 heavy (non-hydrogen) atoms. The molecular formula is C27H34N6O2. The first-order chi connectivity index (χ1) is 17.1. The van der Waals surface area contributed by atoms with Gasteiger partial charge in [0.2, 0.25) is 11.8 Å². The van der Waals surface area contributed by atoms with Gasteiger partial charge in [-0.25, -0.2) is 9.97 Å². The molecule has 1 aromatic carbocycles. The minimum atomic E-state index is 0.0556. The third-order valence-electron chi connectivity index (χ3n) is 7.53. The van der Waals surface area contributed by atoms with E-state index in [0.29, 0.717) is 11.9 Å². The molecule has 0 unspecified atom stereocenters. The first kappa shape index (κ1) is 23.5. The van der Waals surface area contributed by atoms with Crippen molar-refractivity contribution in [3.63, 3.8) is 0 Å². The molecule has 4 N–H and O–H groups in total. The van der Waals surface area contributed by atoms with Gasteiger partial charge in [-0.15, -0.1) is 0 Å². The average Bonchev–Trinajstić information content (AvgIpc) is 3.33. The van der Waals surface area contributed by atoms with Gasteiger partial charge in [0.25, 0.3) is 0 Å². The Morgan fingerprint density at radius 1 is 0.886 bits per heavy atom. The van der Waals surface area contributed by atoms with Crippen molar-refractivity contribution in [3.8, 4) is 11.4 Å². The second kappa shape index (κ2) is 10.6. The van der Waals surface area contributed by atoms with Crippen LogP contribution in [-0.4, -0.2) is 39.9 Å². The number of fused-ring (bicyclic) bond motifs is 1. The summed E-state index contributed by atoms with van der Waals surface area (Å²) in [5.41, 5.74) is 3.27. The van der Waals surface area contributed by atoms with Crippen LogP contribution in [0.15, 0.2) is 36.5 Å². The summed E-state index contributed by atoms with van der Waals surface area (Å²) < 4.78 is 0. The van der Waals surface area contributed by atoms with Gasteiger partial charge in [-0.3, -0.25) is 9.59 Å². The molecule has 0 atom stereocenters. The molecule has 2 saturated carbocycles. The number of H-pyrrole nitrogens is 1. The summed E-state index contributed by atoms with van der Waals surface area (Å²) in [6.07, 6.45) is 11.0. The third-order valence-corrected chi connectivity index (χ3v) is 7.53. The third kappa shape index (κ3) is 5.53. The zero-order valence-corrected chi connectivity index (χ0v) is 20.3. The summed E-state index contributed by atoms with van der Waals surface area (Å²) in [4.78, 5) is 37.6. The molecule has 0 spiro atoms. The van der Waals surface area contributed by atoms with Gasteiger partial charge in [-0.05, 0) is 69.8 Å². The summed E-state index contributed by atoms with van der Waals surface area (Å²) in [6.45, 7) is 0. The van der Waals surface area contributed by atoms with Gasteiger partial charge in [0.15, 0.2) is 0 Å². The van der Waals surface area contributed by atoms with Gasteiger partial charge in [0, 0.05) is 35.2 Å². The van der Waals surface area contributed by atoms with Gasteiger partial charge in [0.05, 0.1) is 17.2 Å². The Labute approximate surface area is 205 Å². The van der Waals surface area contributed by atoms with E-state index in [-0.39, 0.29) is 23.7 Å². The summed E-state index contributed by atoms with van der Waals surface area (Å²) >= 11 is 0. The molecule has 184 valence electrons. The van der Waals surface area contributed by atoms with Crippen LogP contribution in [0.5, 0.6) is 0 Å². The SMILES string of the molecule is CNC1CCC(C(=O)Nc2ccc(-c3nc4cc(NC(=O)C5CCCCC5)ncc4[nH]3)cc2)CC1. The predicted octanol–water partition coefficient (Wildman–Crippen LogP) is 4.86. The molecular weight excluding hydrogens is 440 g/mol. The van der Waals surface area contributed by atoms with Crippen LogP contribution in [0.4, 0.5) is 11.5 Å². The maximum absolute atomic E-state index is 12.7. The van der Waals surface area contributed by atoms with E-state index in [9.17, 15) is 9.59 Å². The monoisotopic (exact) mass is 474 g/mol. The first-order valence-electron chi connectivity index (χ1n) is 12.8. The van der Waals surface area contributed by atoms with E-state index in [4.69, 9.17) is 4.98 Å². The molecule has 2 fully saturated rings. The molecule has 5 rings (SSSR count). The molecule has 8 nitrogen and oxygen atoms in total. The fourth-order valence-electron chi connectivity index (χ4n) is 5.31. The van der Waals surface area contributed by atoms with Gasteiger partial charge in [-0.2, -0.15) is 0 Å². The second-order valence-corrected chi connectivity index (χ2v) is 9.90. The Bertz CT molecular complexity index is 1170. The number of rotatable bonds is 6. The van der Waals surface area contributed by atoms with Crippen molar-refractivity contribution in [1.29, 1.82) is 0 Å². The fourth-order valence-corrected chi connectivity index (χ4v) is 5.31. The lowest BCUT2D eigenvalue weighted by atomic mass is 9.85. The number of carbonyl (C=O) groups is 2. The van der Waals surface area contributed by atoms with Crippen molar-refractivity contribution < 1.29 is 9.59 Å². The number of carbonyl (C=O) groups excluding carboxylic acids is 2. The Morgan fingerprint density at radius 2 is 1.57 bits per heavy atom. The summed E-state index contributed by atoms with van der Waals surface area (Å²) in [5, 5.41) is 9.33. The lowest BCUT2D eigenvalue weighted by Gasteiger charge is -2.27. The predicted molar refractivity (Wildman–Crippen MR) is 138 cm³/mol. The van der Waals surface area contributed by atoms with Gasteiger partial charge in [0.1, 0.15) is 11.6 Å². The van der Waals surface area contributed by atoms with Crippen LogP contribution in [0.25, 0.3) is 22.4 Å². The Kier molecular flexibility index (Phi) is 7.08. The number of imidazole rings is 1. The van der Waals surface area contributed by atoms with Gasteiger partial charge >= 0.3 is 0 Å². The number of benzene rings is 1. The number of hydrogen-bond donors (Lipinski definition) is 4. The van der Waals surface area contributed by atoms with Crippen molar-refractivity contribution in [2.24, 2.45) is 11.8 Å². The molecule has 8 heteroatoms. The van der Waals surface area contributed by atoms with Crippen molar-refractivity contribution in [2.75, 3.05) is 17.7 Å². The molecule has 2 aliphatic rings. The average molecular weight is 475 g/mol. The molecule has 0 bridgehead atoms. The molecule has 2 aliphatic carbocycles. The Balaban J connectivity index is 1.22. The summed E-state index contributed by atoms with van der Waals surface area (Å²) in [7, 11) is 1.99. The zero-order chi connectivity index (χ0) is 24.2. The number of nitrogens with one attached hydrogen (secondary N) is 4. The van der Waals surface area contributed by atoms with E-state index in [2.05, 4.69) is 25.9 Å². The lowest BCUT2D eigenvalue weighted by Crippen LogP contribution is -2.34. The molecule has 0 radical (unpaired) electrons. The van der Waals surface area contributed by atoms with E-state index in [0.717, 1.165) is 79.5 Å².